The summed E-state index contributed by atoms with van der Waals surface area (Å²) in [4.78, 5) is 20.1. The second kappa shape index (κ2) is 7.56. The van der Waals surface area contributed by atoms with Crippen molar-refractivity contribution in [2.45, 2.75) is 6.54 Å². The van der Waals surface area contributed by atoms with Crippen LogP contribution in [-0.2, 0) is 11.3 Å². The average Bonchev–Trinajstić information content (AvgIpc) is 2.60. The van der Waals surface area contributed by atoms with Gasteiger partial charge in [-0.15, -0.1) is 0 Å². The first kappa shape index (κ1) is 16.0. The summed E-state index contributed by atoms with van der Waals surface area (Å²) in [5, 5.41) is 11.5. The van der Waals surface area contributed by atoms with Crippen LogP contribution in [-0.4, -0.2) is 24.0 Å². The van der Waals surface area contributed by atoms with E-state index in [2.05, 4.69) is 15.3 Å². The molecule has 1 amide bonds. The molecule has 1 aromatic carbocycles. The monoisotopic (exact) mass is 309 g/mol. The number of rotatable bonds is 4. The minimum atomic E-state index is -0.355. The Kier molecular flexibility index (Phi) is 5.25. The lowest BCUT2D eigenvalue weighted by Crippen LogP contribution is -2.14. The van der Waals surface area contributed by atoms with Gasteiger partial charge >= 0.3 is 0 Å². The Morgan fingerprint density at radius 1 is 1.43 bits per heavy atom. The van der Waals surface area contributed by atoms with Gasteiger partial charge < -0.3 is 15.8 Å². The van der Waals surface area contributed by atoms with Gasteiger partial charge in [-0.25, -0.2) is 9.98 Å². The number of benzene rings is 1. The molecule has 0 bridgehead atoms. The molecule has 7 heteroatoms. The van der Waals surface area contributed by atoms with Crippen LogP contribution in [0.2, 0.25) is 0 Å². The molecule has 0 aliphatic carbocycles. The Morgan fingerprint density at radius 3 is 2.91 bits per heavy atom. The van der Waals surface area contributed by atoms with Crippen LogP contribution < -0.4 is 11.1 Å². The third kappa shape index (κ3) is 4.54. The van der Waals surface area contributed by atoms with Crippen molar-refractivity contribution in [3.8, 4) is 6.07 Å². The molecular formula is C16H15N5O2. The molecule has 0 saturated carbocycles. The topological polar surface area (TPSA) is 113 Å². The minimum absolute atomic E-state index is 0.0984. The molecule has 0 aliphatic heterocycles. The van der Waals surface area contributed by atoms with Gasteiger partial charge in [-0.2, -0.15) is 5.26 Å². The summed E-state index contributed by atoms with van der Waals surface area (Å²) in [6, 6.07) is 12.3. The number of anilines is 1. The molecule has 1 aromatic heterocycles. The molecule has 7 nitrogen and oxygen atoms in total. The van der Waals surface area contributed by atoms with E-state index < -0.39 is 0 Å². The Hall–Kier alpha value is -3.40. The molecule has 2 aromatic rings. The predicted octanol–water partition coefficient (Wildman–Crippen LogP) is 1.67. The highest BCUT2D eigenvalue weighted by Crippen LogP contribution is 2.13. The zero-order chi connectivity index (χ0) is 16.7. The lowest BCUT2D eigenvalue weighted by molar-refractivity contribution is 0.102. The van der Waals surface area contributed by atoms with Crippen LogP contribution in [0.5, 0.6) is 0 Å². The van der Waals surface area contributed by atoms with E-state index in [0.717, 1.165) is 5.56 Å². The van der Waals surface area contributed by atoms with Gasteiger partial charge in [-0.3, -0.25) is 4.79 Å². The molecule has 0 saturated heterocycles. The molecule has 0 aliphatic rings. The highest BCUT2D eigenvalue weighted by atomic mass is 16.5. The number of aromatic nitrogens is 1. The number of nitrogens with zero attached hydrogens (tertiary/aromatic N) is 3. The van der Waals surface area contributed by atoms with E-state index >= 15 is 0 Å². The van der Waals surface area contributed by atoms with Crippen LogP contribution in [0.4, 0.5) is 5.69 Å². The minimum Gasteiger partial charge on any atom is -0.469 e. The fourth-order valence-electron chi connectivity index (χ4n) is 1.77. The lowest BCUT2D eigenvalue weighted by Gasteiger charge is -2.06. The Bertz CT molecular complexity index is 763. The summed E-state index contributed by atoms with van der Waals surface area (Å²) in [5.74, 6) is -0.355. The van der Waals surface area contributed by atoms with Crippen molar-refractivity contribution < 1.29 is 9.53 Å². The lowest BCUT2D eigenvalue weighted by atomic mass is 10.2. The SMILES string of the molecule is COC(N)=NCc1cccc(NC(=O)c2ccc(C#N)cn2)c1. The van der Waals surface area contributed by atoms with E-state index in [4.69, 9.17) is 15.7 Å². The van der Waals surface area contributed by atoms with E-state index in [1.54, 1.807) is 24.3 Å². The molecule has 0 fully saturated rings. The van der Waals surface area contributed by atoms with Gasteiger partial charge in [0.2, 0.25) is 0 Å². The van der Waals surface area contributed by atoms with Gasteiger partial charge in [0, 0.05) is 11.9 Å². The van der Waals surface area contributed by atoms with Crippen molar-refractivity contribution >= 4 is 17.6 Å². The number of aliphatic imine (C=N–C) groups is 1. The number of amidine groups is 1. The summed E-state index contributed by atoms with van der Waals surface area (Å²) in [6.07, 6.45) is 1.35. The summed E-state index contributed by atoms with van der Waals surface area (Å²) < 4.78 is 4.77. The first-order valence-electron chi connectivity index (χ1n) is 6.72. The molecule has 116 valence electrons. The van der Waals surface area contributed by atoms with E-state index in [0.29, 0.717) is 17.8 Å². The molecule has 3 N–H and O–H groups in total. The fourth-order valence-corrected chi connectivity index (χ4v) is 1.77. The Balaban J connectivity index is 2.07. The first-order valence-corrected chi connectivity index (χ1v) is 6.72. The van der Waals surface area contributed by atoms with Gasteiger partial charge in [0.05, 0.1) is 19.2 Å². The van der Waals surface area contributed by atoms with Gasteiger partial charge in [0.25, 0.3) is 11.9 Å². The number of carbonyl (C=O) groups is 1. The number of methoxy groups -OCH3 is 1. The van der Waals surface area contributed by atoms with Crippen molar-refractivity contribution in [3.63, 3.8) is 0 Å². The van der Waals surface area contributed by atoms with Crippen LogP contribution >= 0.6 is 0 Å². The highest BCUT2D eigenvalue weighted by molar-refractivity contribution is 6.02. The number of ether oxygens (including phenoxy) is 1. The third-order valence-corrected chi connectivity index (χ3v) is 2.94. The first-order chi connectivity index (χ1) is 11.1. The van der Waals surface area contributed by atoms with Crippen molar-refractivity contribution in [3.05, 3.63) is 59.4 Å². The maximum absolute atomic E-state index is 12.1. The van der Waals surface area contributed by atoms with E-state index in [9.17, 15) is 4.79 Å². The number of carbonyl (C=O) groups excluding carboxylic acids is 1. The molecular weight excluding hydrogens is 294 g/mol. The number of amides is 1. The van der Waals surface area contributed by atoms with Gasteiger partial charge in [0.15, 0.2) is 0 Å². The van der Waals surface area contributed by atoms with Crippen LogP contribution in [0.1, 0.15) is 21.6 Å². The number of nitrogens with one attached hydrogen (secondary N) is 1. The van der Waals surface area contributed by atoms with Gasteiger partial charge in [0.1, 0.15) is 11.8 Å². The van der Waals surface area contributed by atoms with Crippen molar-refractivity contribution in [1.29, 1.82) is 5.26 Å². The maximum Gasteiger partial charge on any atom is 0.281 e. The Labute approximate surface area is 133 Å². The summed E-state index contributed by atoms with van der Waals surface area (Å²) in [5.41, 5.74) is 7.59. The second-order valence-corrected chi connectivity index (χ2v) is 4.56. The molecule has 0 unspecified atom stereocenters. The molecule has 1 heterocycles. The zero-order valence-corrected chi connectivity index (χ0v) is 12.5. The predicted molar refractivity (Wildman–Crippen MR) is 85.7 cm³/mol. The second-order valence-electron chi connectivity index (χ2n) is 4.56. The highest BCUT2D eigenvalue weighted by Gasteiger charge is 2.08. The van der Waals surface area contributed by atoms with Crippen LogP contribution in [0.15, 0.2) is 47.6 Å². The summed E-state index contributed by atoms with van der Waals surface area (Å²) in [6.45, 7) is 0.346. The van der Waals surface area contributed by atoms with Crippen LogP contribution in [0, 0.1) is 11.3 Å². The van der Waals surface area contributed by atoms with E-state index in [1.165, 1.54) is 19.4 Å². The number of nitrogens with two attached hydrogens (primary N) is 1. The average molecular weight is 309 g/mol. The molecule has 0 radical (unpaired) electrons. The van der Waals surface area contributed by atoms with E-state index in [1.807, 2.05) is 12.1 Å². The van der Waals surface area contributed by atoms with Crippen molar-refractivity contribution in [2.75, 3.05) is 12.4 Å². The van der Waals surface area contributed by atoms with Crippen molar-refractivity contribution in [2.24, 2.45) is 10.7 Å². The number of hydrogen-bond acceptors (Lipinski definition) is 5. The number of nitriles is 1. The molecule has 2 rings (SSSR count). The fraction of sp³-hybridized carbons (Fsp3) is 0.125. The normalized spacial score (nSPS) is 10.7. The standard InChI is InChI=1S/C16H15N5O2/c1-23-16(18)20-9-11-3-2-4-13(7-11)21-15(22)14-6-5-12(8-17)10-19-14/h2-7,10H,9H2,1H3,(H2,18,20)(H,21,22). The molecule has 0 spiro atoms. The largest absolute Gasteiger partial charge is 0.469 e. The van der Waals surface area contributed by atoms with E-state index in [-0.39, 0.29) is 17.6 Å². The maximum atomic E-state index is 12.1. The third-order valence-electron chi connectivity index (χ3n) is 2.94. The van der Waals surface area contributed by atoms with Gasteiger partial charge in [-0.1, -0.05) is 12.1 Å². The van der Waals surface area contributed by atoms with Crippen LogP contribution in [0.3, 0.4) is 0 Å². The molecule has 23 heavy (non-hydrogen) atoms. The zero-order valence-electron chi connectivity index (χ0n) is 12.5. The smallest absolute Gasteiger partial charge is 0.281 e. The number of pyridine rings is 1. The number of hydrogen-bond donors (Lipinski definition) is 2. The summed E-state index contributed by atoms with van der Waals surface area (Å²) in [7, 11) is 1.44. The summed E-state index contributed by atoms with van der Waals surface area (Å²) >= 11 is 0. The molecule has 0 atom stereocenters. The van der Waals surface area contributed by atoms with Crippen LogP contribution in [0.25, 0.3) is 0 Å². The van der Waals surface area contributed by atoms with Gasteiger partial charge in [-0.05, 0) is 29.8 Å². The quantitative estimate of drug-likeness (QED) is 0.658. The van der Waals surface area contributed by atoms with Crippen molar-refractivity contribution in [1.82, 2.24) is 4.98 Å². The Morgan fingerprint density at radius 2 is 2.26 bits per heavy atom.